The molecule has 1 unspecified atom stereocenters. The van der Waals surface area contributed by atoms with Gasteiger partial charge in [-0.15, -0.1) is 0 Å². The van der Waals surface area contributed by atoms with Gasteiger partial charge in [-0.05, 0) is 29.5 Å². The highest BCUT2D eigenvalue weighted by atomic mass is 16.5. The van der Waals surface area contributed by atoms with Crippen LogP contribution in [0.3, 0.4) is 0 Å². The number of methoxy groups -OCH3 is 2. The van der Waals surface area contributed by atoms with Gasteiger partial charge < -0.3 is 19.5 Å². The van der Waals surface area contributed by atoms with Gasteiger partial charge >= 0.3 is 0 Å². The van der Waals surface area contributed by atoms with Crippen LogP contribution < -0.4 is 14.8 Å². The number of ether oxygens (including phenoxy) is 3. The van der Waals surface area contributed by atoms with E-state index in [1.165, 1.54) is 0 Å². The largest absolute Gasteiger partial charge is 0.493 e. The molecule has 1 aromatic carbocycles. The number of nitrogens with one attached hydrogen (secondary N) is 1. The molecular weight excluding hydrogens is 294 g/mol. The van der Waals surface area contributed by atoms with E-state index >= 15 is 0 Å². The van der Waals surface area contributed by atoms with Crippen LogP contribution in [0.2, 0.25) is 0 Å². The van der Waals surface area contributed by atoms with E-state index in [0.717, 1.165) is 30.6 Å². The quantitative estimate of drug-likeness (QED) is 0.531. The first-order valence-corrected chi connectivity index (χ1v) is 7.90. The third kappa shape index (κ3) is 6.48. The Kier molecular flexibility index (Phi) is 7.89. The van der Waals surface area contributed by atoms with Crippen LogP contribution in [0.5, 0.6) is 11.5 Å². The minimum atomic E-state index is -0.0275. The second kappa shape index (κ2) is 9.40. The average molecular weight is 323 g/mol. The summed E-state index contributed by atoms with van der Waals surface area (Å²) in [6.07, 6.45) is 2.32. The van der Waals surface area contributed by atoms with Crippen LogP contribution in [0.4, 0.5) is 0 Å². The summed E-state index contributed by atoms with van der Waals surface area (Å²) in [5, 5.41) is 2.91. The van der Waals surface area contributed by atoms with Gasteiger partial charge in [-0.1, -0.05) is 26.8 Å². The zero-order chi connectivity index (χ0) is 17.3. The highest BCUT2D eigenvalue weighted by Crippen LogP contribution is 2.30. The smallest absolute Gasteiger partial charge is 0.207 e. The maximum atomic E-state index is 10.9. The van der Waals surface area contributed by atoms with E-state index < -0.39 is 0 Å². The second-order valence-corrected chi connectivity index (χ2v) is 6.59. The first-order chi connectivity index (χ1) is 10.9. The Morgan fingerprint density at radius 3 is 2.48 bits per heavy atom. The second-order valence-electron chi connectivity index (χ2n) is 6.59. The van der Waals surface area contributed by atoms with E-state index in [4.69, 9.17) is 14.2 Å². The fraction of sp³-hybridized carbons (Fsp3) is 0.611. The third-order valence-electron chi connectivity index (χ3n) is 3.73. The fourth-order valence-corrected chi connectivity index (χ4v) is 2.28. The van der Waals surface area contributed by atoms with Gasteiger partial charge in [-0.2, -0.15) is 0 Å². The Morgan fingerprint density at radius 2 is 1.91 bits per heavy atom. The summed E-state index contributed by atoms with van der Waals surface area (Å²) in [6, 6.07) is 5.94. The van der Waals surface area contributed by atoms with E-state index in [9.17, 15) is 4.79 Å². The third-order valence-corrected chi connectivity index (χ3v) is 3.73. The van der Waals surface area contributed by atoms with Crippen LogP contribution in [0.15, 0.2) is 18.2 Å². The van der Waals surface area contributed by atoms with E-state index in [2.05, 4.69) is 26.1 Å². The lowest BCUT2D eigenvalue weighted by molar-refractivity contribution is -0.110. The van der Waals surface area contributed by atoms with Crippen molar-refractivity contribution in [3.63, 3.8) is 0 Å². The lowest BCUT2D eigenvalue weighted by atomic mass is 9.83. The van der Waals surface area contributed by atoms with Crippen LogP contribution in [-0.2, 0) is 16.0 Å². The number of carbonyl (C=O) groups excluding carboxylic acids is 1. The summed E-state index contributed by atoms with van der Waals surface area (Å²) in [5.41, 5.74) is 1.07. The van der Waals surface area contributed by atoms with Gasteiger partial charge in [0.1, 0.15) is 0 Å². The predicted molar refractivity (Wildman–Crippen MR) is 91.1 cm³/mol. The molecule has 0 aliphatic rings. The average Bonchev–Trinajstić information content (AvgIpc) is 2.50. The maximum Gasteiger partial charge on any atom is 0.207 e. The zero-order valence-electron chi connectivity index (χ0n) is 14.8. The topological polar surface area (TPSA) is 56.8 Å². The van der Waals surface area contributed by atoms with Crippen molar-refractivity contribution >= 4 is 6.41 Å². The number of benzene rings is 1. The first kappa shape index (κ1) is 19.3. The molecule has 23 heavy (non-hydrogen) atoms. The van der Waals surface area contributed by atoms with Gasteiger partial charge in [-0.25, -0.2) is 0 Å². The Balaban J connectivity index is 2.84. The van der Waals surface area contributed by atoms with Crippen molar-refractivity contribution < 1.29 is 19.0 Å². The Hall–Kier alpha value is -1.75. The highest BCUT2D eigenvalue weighted by molar-refractivity contribution is 5.48. The molecule has 1 rings (SSSR count). The zero-order valence-corrected chi connectivity index (χ0v) is 14.8. The normalized spacial score (nSPS) is 12.6. The maximum absolute atomic E-state index is 10.9. The van der Waals surface area contributed by atoms with E-state index in [-0.39, 0.29) is 11.5 Å². The van der Waals surface area contributed by atoms with Gasteiger partial charge in [0.05, 0.1) is 13.7 Å². The Morgan fingerprint density at radius 1 is 1.17 bits per heavy atom. The molecule has 0 saturated heterocycles. The monoisotopic (exact) mass is 323 g/mol. The summed E-state index contributed by atoms with van der Waals surface area (Å²) < 4.78 is 16.2. The number of rotatable bonds is 10. The molecule has 5 heteroatoms. The molecule has 1 aromatic rings. The highest BCUT2D eigenvalue weighted by Gasteiger charge is 2.24. The SMILES string of the molecule is COCCCOc1cc(CC(NC=O)C(C)(C)C)ccc1OC. The molecule has 0 radical (unpaired) electrons. The van der Waals surface area contributed by atoms with Gasteiger partial charge in [0.15, 0.2) is 11.5 Å². The van der Waals surface area contributed by atoms with Crippen LogP contribution in [0, 0.1) is 5.41 Å². The number of hydrogen-bond donors (Lipinski definition) is 1. The number of hydrogen-bond acceptors (Lipinski definition) is 4. The molecule has 0 spiro atoms. The number of carbonyl (C=O) groups is 1. The van der Waals surface area contributed by atoms with Crippen molar-refractivity contribution in [2.45, 2.75) is 39.7 Å². The molecule has 0 aromatic heterocycles. The van der Waals surface area contributed by atoms with Gasteiger partial charge in [0.2, 0.25) is 6.41 Å². The van der Waals surface area contributed by atoms with E-state index in [1.807, 2.05) is 18.2 Å². The molecule has 1 atom stereocenters. The molecule has 0 saturated carbocycles. The van der Waals surface area contributed by atoms with E-state index in [1.54, 1.807) is 14.2 Å². The summed E-state index contributed by atoms with van der Waals surface area (Å²) in [6.45, 7) is 7.57. The minimum Gasteiger partial charge on any atom is -0.493 e. The molecule has 1 amide bonds. The fourth-order valence-electron chi connectivity index (χ4n) is 2.28. The van der Waals surface area contributed by atoms with Crippen molar-refractivity contribution in [1.29, 1.82) is 0 Å². The molecule has 0 bridgehead atoms. The molecule has 0 heterocycles. The van der Waals surface area contributed by atoms with Crippen molar-refractivity contribution in [3.8, 4) is 11.5 Å². The minimum absolute atomic E-state index is 0.0275. The van der Waals surface area contributed by atoms with Crippen molar-refractivity contribution in [1.82, 2.24) is 5.32 Å². The van der Waals surface area contributed by atoms with Crippen LogP contribution in [0.1, 0.15) is 32.8 Å². The standard InChI is InChI=1S/C18H29NO4/c1-18(2,3)17(19-13-20)12-14-7-8-15(22-5)16(11-14)23-10-6-9-21-4/h7-8,11,13,17H,6,9-10,12H2,1-5H3,(H,19,20). The molecule has 0 aliphatic carbocycles. The lowest BCUT2D eigenvalue weighted by Crippen LogP contribution is -2.41. The van der Waals surface area contributed by atoms with Crippen LogP contribution in [0.25, 0.3) is 0 Å². The van der Waals surface area contributed by atoms with Gasteiger partial charge in [-0.3, -0.25) is 4.79 Å². The molecule has 5 nitrogen and oxygen atoms in total. The van der Waals surface area contributed by atoms with Crippen molar-refractivity contribution in [2.75, 3.05) is 27.4 Å². The predicted octanol–water partition coefficient (Wildman–Crippen LogP) is 2.81. The molecule has 0 fully saturated rings. The molecular formula is C18H29NO4. The van der Waals surface area contributed by atoms with E-state index in [0.29, 0.717) is 19.0 Å². The first-order valence-electron chi connectivity index (χ1n) is 7.90. The van der Waals surface area contributed by atoms with Crippen LogP contribution >= 0.6 is 0 Å². The Labute approximate surface area is 139 Å². The summed E-state index contributed by atoms with van der Waals surface area (Å²) in [7, 11) is 3.30. The molecule has 1 N–H and O–H groups in total. The Bertz CT molecular complexity index is 482. The summed E-state index contributed by atoms with van der Waals surface area (Å²) >= 11 is 0. The van der Waals surface area contributed by atoms with Crippen molar-refractivity contribution in [2.24, 2.45) is 5.41 Å². The van der Waals surface area contributed by atoms with Gasteiger partial charge in [0.25, 0.3) is 0 Å². The van der Waals surface area contributed by atoms with Crippen LogP contribution in [-0.4, -0.2) is 39.9 Å². The molecule has 0 aliphatic heterocycles. The van der Waals surface area contributed by atoms with Gasteiger partial charge in [0, 0.05) is 26.2 Å². The summed E-state index contributed by atoms with van der Waals surface area (Å²) in [5.74, 6) is 1.43. The lowest BCUT2D eigenvalue weighted by Gasteiger charge is -2.30. The summed E-state index contributed by atoms with van der Waals surface area (Å²) in [4.78, 5) is 10.9. The molecule has 130 valence electrons. The number of amides is 1. The van der Waals surface area contributed by atoms with Crippen molar-refractivity contribution in [3.05, 3.63) is 23.8 Å².